The Morgan fingerprint density at radius 1 is 1.22 bits per heavy atom. The molecule has 4 rings (SSSR count). The smallest absolute Gasteiger partial charge is 0.222 e. The lowest BCUT2D eigenvalue weighted by atomic mass is 10.1. The van der Waals surface area contributed by atoms with E-state index in [1.807, 2.05) is 36.2 Å². The topological polar surface area (TPSA) is 83.0 Å². The molecule has 2 aromatic heterocycles. The average Bonchev–Trinajstić information content (AvgIpc) is 3.27. The molecule has 1 aliphatic rings. The summed E-state index contributed by atoms with van der Waals surface area (Å²) >= 11 is 1.62. The van der Waals surface area contributed by atoms with Crippen LogP contribution in [0.4, 0.5) is 10.8 Å². The van der Waals surface area contributed by atoms with Gasteiger partial charge in [-0.15, -0.1) is 11.3 Å². The lowest BCUT2D eigenvalue weighted by Gasteiger charge is -2.13. The first-order valence-electron chi connectivity index (χ1n) is 9.12. The number of benzene rings is 1. The summed E-state index contributed by atoms with van der Waals surface area (Å²) in [5, 5.41) is 7.63. The van der Waals surface area contributed by atoms with Crippen molar-refractivity contribution in [2.45, 2.75) is 19.9 Å². The van der Waals surface area contributed by atoms with E-state index < -0.39 is 0 Å². The van der Waals surface area contributed by atoms with E-state index in [1.165, 1.54) is 0 Å². The molecule has 1 fully saturated rings. The lowest BCUT2D eigenvalue weighted by Crippen LogP contribution is -2.27. The molecule has 0 aliphatic carbocycles. The Morgan fingerprint density at radius 2 is 2.07 bits per heavy atom. The molecule has 1 amide bonds. The number of fused-ring (bicyclic) bond motifs is 1. The number of nitrogens with one attached hydrogen (secondary N) is 2. The standard InChI is InChI=1S/C19H22N6OS/c1-2-25-12-13(7-18(25)26)9-20-10-15-11-23-19(27-15)24-14-3-4-16-17(8-14)22-6-5-21-16/h3-6,8,11,13,20H,2,7,9-10,12H2,1H3,(H,23,24)/t13-/m1/s1. The van der Waals surface area contributed by atoms with Gasteiger partial charge in [-0.2, -0.15) is 0 Å². The Balaban J connectivity index is 1.30. The second kappa shape index (κ2) is 7.98. The molecule has 1 aliphatic heterocycles. The zero-order chi connectivity index (χ0) is 18.6. The van der Waals surface area contributed by atoms with Crippen molar-refractivity contribution in [3.8, 4) is 0 Å². The molecule has 27 heavy (non-hydrogen) atoms. The van der Waals surface area contributed by atoms with Gasteiger partial charge in [0.25, 0.3) is 0 Å². The van der Waals surface area contributed by atoms with E-state index in [4.69, 9.17) is 0 Å². The maximum absolute atomic E-state index is 11.8. The fourth-order valence-electron chi connectivity index (χ4n) is 3.31. The summed E-state index contributed by atoms with van der Waals surface area (Å²) in [6, 6.07) is 5.90. The number of anilines is 2. The molecule has 1 atom stereocenters. The summed E-state index contributed by atoms with van der Waals surface area (Å²) in [5.74, 6) is 0.676. The number of thiazole rings is 1. The molecular formula is C19H22N6OS. The first-order valence-corrected chi connectivity index (χ1v) is 9.94. The van der Waals surface area contributed by atoms with Gasteiger partial charge in [0.1, 0.15) is 0 Å². The van der Waals surface area contributed by atoms with E-state index in [0.29, 0.717) is 12.3 Å². The summed E-state index contributed by atoms with van der Waals surface area (Å²) in [6.07, 6.45) is 5.92. The van der Waals surface area contributed by atoms with E-state index in [9.17, 15) is 4.79 Å². The van der Waals surface area contributed by atoms with Crippen molar-refractivity contribution in [1.29, 1.82) is 0 Å². The van der Waals surface area contributed by atoms with Gasteiger partial charge in [-0.25, -0.2) is 4.98 Å². The molecule has 7 nitrogen and oxygen atoms in total. The molecule has 0 radical (unpaired) electrons. The van der Waals surface area contributed by atoms with Crippen LogP contribution >= 0.6 is 11.3 Å². The van der Waals surface area contributed by atoms with Crippen LogP contribution in [-0.4, -0.2) is 45.4 Å². The van der Waals surface area contributed by atoms with Gasteiger partial charge in [-0.3, -0.25) is 14.8 Å². The van der Waals surface area contributed by atoms with E-state index in [-0.39, 0.29) is 5.91 Å². The second-order valence-corrected chi connectivity index (χ2v) is 7.77. The van der Waals surface area contributed by atoms with Crippen molar-refractivity contribution in [3.05, 3.63) is 41.7 Å². The van der Waals surface area contributed by atoms with Crippen molar-refractivity contribution in [2.24, 2.45) is 5.92 Å². The molecule has 3 aromatic rings. The maximum atomic E-state index is 11.8. The van der Waals surface area contributed by atoms with Crippen LogP contribution in [-0.2, 0) is 11.3 Å². The van der Waals surface area contributed by atoms with Gasteiger partial charge in [-0.1, -0.05) is 0 Å². The molecule has 0 bridgehead atoms. The van der Waals surface area contributed by atoms with E-state index >= 15 is 0 Å². The number of nitrogens with zero attached hydrogens (tertiary/aromatic N) is 4. The Kier molecular flexibility index (Phi) is 5.26. The highest BCUT2D eigenvalue weighted by Crippen LogP contribution is 2.24. The second-order valence-electron chi connectivity index (χ2n) is 6.65. The average molecular weight is 382 g/mol. The highest BCUT2D eigenvalue weighted by Gasteiger charge is 2.27. The number of likely N-dealkylation sites (tertiary alicyclic amines) is 1. The highest BCUT2D eigenvalue weighted by atomic mass is 32.1. The van der Waals surface area contributed by atoms with Crippen LogP contribution in [0, 0.1) is 5.92 Å². The molecule has 140 valence electrons. The third-order valence-electron chi connectivity index (χ3n) is 4.68. The van der Waals surface area contributed by atoms with Crippen LogP contribution in [0.5, 0.6) is 0 Å². The number of carbonyl (C=O) groups excluding carboxylic acids is 1. The molecule has 1 aromatic carbocycles. The van der Waals surface area contributed by atoms with Crippen molar-refractivity contribution in [2.75, 3.05) is 25.0 Å². The minimum Gasteiger partial charge on any atom is -0.343 e. The summed E-state index contributed by atoms with van der Waals surface area (Å²) in [5.41, 5.74) is 2.67. The van der Waals surface area contributed by atoms with Gasteiger partial charge in [0.2, 0.25) is 5.91 Å². The molecule has 2 N–H and O–H groups in total. The molecule has 0 saturated carbocycles. The first kappa shape index (κ1) is 17.8. The summed E-state index contributed by atoms with van der Waals surface area (Å²) < 4.78 is 0. The van der Waals surface area contributed by atoms with Crippen LogP contribution in [0.25, 0.3) is 11.0 Å². The lowest BCUT2D eigenvalue weighted by molar-refractivity contribution is -0.127. The maximum Gasteiger partial charge on any atom is 0.222 e. The fourth-order valence-corrected chi connectivity index (χ4v) is 4.11. The van der Waals surface area contributed by atoms with Gasteiger partial charge in [-0.05, 0) is 31.0 Å². The Labute approximate surface area is 161 Å². The normalized spacial score (nSPS) is 17.0. The first-order chi connectivity index (χ1) is 13.2. The Bertz CT molecular complexity index is 943. The van der Waals surface area contributed by atoms with Crippen molar-refractivity contribution in [1.82, 2.24) is 25.2 Å². The summed E-state index contributed by atoms with van der Waals surface area (Å²) in [6.45, 7) is 5.32. The van der Waals surface area contributed by atoms with Gasteiger partial charge in [0, 0.05) is 61.8 Å². The minimum atomic E-state index is 0.272. The highest BCUT2D eigenvalue weighted by molar-refractivity contribution is 7.15. The molecule has 0 spiro atoms. The third kappa shape index (κ3) is 4.23. The minimum absolute atomic E-state index is 0.272. The van der Waals surface area contributed by atoms with E-state index in [2.05, 4.69) is 25.6 Å². The molecule has 3 heterocycles. The van der Waals surface area contributed by atoms with Gasteiger partial charge < -0.3 is 15.5 Å². The molecule has 0 unspecified atom stereocenters. The summed E-state index contributed by atoms with van der Waals surface area (Å²) in [7, 11) is 0. The number of hydrogen-bond acceptors (Lipinski definition) is 7. The predicted molar refractivity (Wildman–Crippen MR) is 107 cm³/mol. The van der Waals surface area contributed by atoms with Crippen LogP contribution in [0.1, 0.15) is 18.2 Å². The van der Waals surface area contributed by atoms with Crippen LogP contribution in [0.2, 0.25) is 0 Å². The molecular weight excluding hydrogens is 360 g/mol. The number of hydrogen-bond donors (Lipinski definition) is 2. The number of aromatic nitrogens is 3. The Hall–Kier alpha value is -2.58. The number of amides is 1. The van der Waals surface area contributed by atoms with Crippen molar-refractivity contribution < 1.29 is 4.79 Å². The third-order valence-corrected chi connectivity index (χ3v) is 5.60. The SMILES string of the molecule is CCN1C[C@@H](CNCc2cnc(Nc3ccc4nccnc4c3)s2)CC1=O. The van der Waals surface area contributed by atoms with Crippen LogP contribution in [0.15, 0.2) is 36.8 Å². The summed E-state index contributed by atoms with van der Waals surface area (Å²) in [4.78, 5) is 27.9. The predicted octanol–water partition coefficient (Wildman–Crippen LogP) is 2.79. The van der Waals surface area contributed by atoms with Gasteiger partial charge in [0.15, 0.2) is 5.13 Å². The van der Waals surface area contributed by atoms with E-state index in [1.54, 1.807) is 23.7 Å². The fraction of sp³-hybridized carbons (Fsp3) is 0.368. The van der Waals surface area contributed by atoms with Crippen LogP contribution < -0.4 is 10.6 Å². The van der Waals surface area contributed by atoms with Crippen molar-refractivity contribution >= 4 is 39.1 Å². The number of carbonyl (C=O) groups is 1. The molecule has 1 saturated heterocycles. The number of rotatable bonds is 7. The van der Waals surface area contributed by atoms with Gasteiger partial charge >= 0.3 is 0 Å². The molecule has 8 heteroatoms. The van der Waals surface area contributed by atoms with Crippen molar-refractivity contribution in [3.63, 3.8) is 0 Å². The quantitative estimate of drug-likeness (QED) is 0.654. The zero-order valence-corrected chi connectivity index (χ0v) is 16.0. The zero-order valence-electron chi connectivity index (χ0n) is 15.2. The monoisotopic (exact) mass is 382 g/mol. The Morgan fingerprint density at radius 3 is 2.89 bits per heavy atom. The largest absolute Gasteiger partial charge is 0.343 e. The van der Waals surface area contributed by atoms with E-state index in [0.717, 1.165) is 52.9 Å². The van der Waals surface area contributed by atoms with Gasteiger partial charge in [0.05, 0.1) is 11.0 Å². The van der Waals surface area contributed by atoms with Crippen LogP contribution in [0.3, 0.4) is 0 Å².